The van der Waals surface area contributed by atoms with Gasteiger partial charge in [-0.2, -0.15) is 0 Å². The largest absolute Gasteiger partial charge is 0.493 e. The van der Waals surface area contributed by atoms with E-state index in [0.29, 0.717) is 23.9 Å². The summed E-state index contributed by atoms with van der Waals surface area (Å²) in [5.74, 6) is 1.85. The van der Waals surface area contributed by atoms with Crippen LogP contribution in [0.3, 0.4) is 0 Å². The summed E-state index contributed by atoms with van der Waals surface area (Å²) in [7, 11) is 2.29. The summed E-state index contributed by atoms with van der Waals surface area (Å²) >= 11 is 0. The van der Waals surface area contributed by atoms with Gasteiger partial charge in [-0.1, -0.05) is 6.07 Å². The Morgan fingerprint density at radius 3 is 2.72 bits per heavy atom. The average Bonchev–Trinajstić information content (AvgIpc) is 3.01. The zero-order chi connectivity index (χ0) is 17.4. The molecule has 2 heterocycles. The highest BCUT2D eigenvalue weighted by Crippen LogP contribution is 2.34. The Hall–Kier alpha value is -2.84. The van der Waals surface area contributed by atoms with E-state index in [1.54, 1.807) is 20.3 Å². The molecule has 0 bridgehead atoms. The van der Waals surface area contributed by atoms with Crippen LogP contribution < -0.4 is 20.3 Å². The molecule has 8 heteroatoms. The molecule has 7 nitrogen and oxygen atoms in total. The predicted octanol–water partition coefficient (Wildman–Crippen LogP) is 1.61. The van der Waals surface area contributed by atoms with E-state index in [1.807, 2.05) is 24.3 Å². The molecule has 1 aromatic heterocycles. The summed E-state index contributed by atoms with van der Waals surface area (Å²) in [6.45, 7) is 0.421. The molecule has 1 aliphatic heterocycles. The Labute approximate surface area is 144 Å². The number of aromatic nitrogens is 2. The van der Waals surface area contributed by atoms with Gasteiger partial charge in [0.2, 0.25) is 0 Å². The van der Waals surface area contributed by atoms with Gasteiger partial charge in [0.25, 0.3) is 0 Å². The van der Waals surface area contributed by atoms with Crippen LogP contribution in [0.5, 0.6) is 11.5 Å². The van der Waals surface area contributed by atoms with Gasteiger partial charge in [-0.15, -0.1) is 0 Å². The fourth-order valence-electron chi connectivity index (χ4n) is 2.91. The number of ether oxygens (including phenoxy) is 2. The Morgan fingerprint density at radius 2 is 1.92 bits per heavy atom. The van der Waals surface area contributed by atoms with Crippen molar-refractivity contribution in [2.24, 2.45) is 0 Å². The molecule has 2 aromatic carbocycles. The maximum atomic E-state index is 9.86. The molecule has 3 aromatic rings. The summed E-state index contributed by atoms with van der Waals surface area (Å²) < 4.78 is 15.9. The normalized spacial score (nSPS) is 13.0. The number of anilines is 2. The monoisotopic (exact) mass is 337 g/mol. The Bertz CT molecular complexity index is 951. The van der Waals surface area contributed by atoms with Crippen LogP contribution in [-0.4, -0.2) is 36.3 Å². The molecular formula is C17H16BN3O4. The number of nitrogens with zero attached hydrogens (tertiary/aromatic N) is 2. The van der Waals surface area contributed by atoms with Crippen molar-refractivity contribution in [3.8, 4) is 11.5 Å². The highest BCUT2D eigenvalue weighted by molar-refractivity contribution is 6.61. The topological polar surface area (TPSA) is 85.7 Å². The maximum absolute atomic E-state index is 9.86. The van der Waals surface area contributed by atoms with Crippen LogP contribution in [0.2, 0.25) is 0 Å². The van der Waals surface area contributed by atoms with E-state index in [0.717, 1.165) is 27.6 Å². The fraction of sp³-hybridized carbons (Fsp3) is 0.176. The van der Waals surface area contributed by atoms with Crippen molar-refractivity contribution in [2.45, 2.75) is 6.61 Å². The molecule has 0 amide bonds. The second kappa shape index (κ2) is 6.23. The Morgan fingerprint density at radius 1 is 1.12 bits per heavy atom. The average molecular weight is 337 g/mol. The lowest BCUT2D eigenvalue weighted by Gasteiger charge is -2.12. The van der Waals surface area contributed by atoms with E-state index in [-0.39, 0.29) is 0 Å². The van der Waals surface area contributed by atoms with Crippen molar-refractivity contribution in [3.63, 3.8) is 0 Å². The van der Waals surface area contributed by atoms with Crippen LogP contribution in [0, 0.1) is 0 Å². The third-order valence-corrected chi connectivity index (χ3v) is 4.21. The first-order chi connectivity index (χ1) is 12.2. The Kier molecular flexibility index (Phi) is 3.91. The van der Waals surface area contributed by atoms with Crippen LogP contribution in [0.15, 0.2) is 36.7 Å². The molecule has 0 fully saturated rings. The lowest BCUT2D eigenvalue weighted by molar-refractivity contribution is 0.275. The first-order valence-corrected chi connectivity index (χ1v) is 7.76. The molecule has 25 heavy (non-hydrogen) atoms. The van der Waals surface area contributed by atoms with Gasteiger partial charge in [-0.25, -0.2) is 9.97 Å². The quantitative estimate of drug-likeness (QED) is 0.700. The molecular weight excluding hydrogens is 321 g/mol. The van der Waals surface area contributed by atoms with Crippen LogP contribution in [0.25, 0.3) is 10.9 Å². The highest BCUT2D eigenvalue weighted by Gasteiger charge is 2.27. The molecule has 0 unspecified atom stereocenters. The molecule has 0 aliphatic carbocycles. The van der Waals surface area contributed by atoms with Gasteiger partial charge < -0.3 is 24.5 Å². The number of hydrogen-bond donors (Lipinski definition) is 2. The van der Waals surface area contributed by atoms with E-state index in [9.17, 15) is 5.02 Å². The van der Waals surface area contributed by atoms with Crippen molar-refractivity contribution in [3.05, 3.63) is 42.2 Å². The molecule has 126 valence electrons. The van der Waals surface area contributed by atoms with Gasteiger partial charge in [0.1, 0.15) is 12.1 Å². The minimum Gasteiger partial charge on any atom is -0.493 e. The van der Waals surface area contributed by atoms with Gasteiger partial charge in [0.05, 0.1) is 26.3 Å². The van der Waals surface area contributed by atoms with Gasteiger partial charge in [0.15, 0.2) is 11.5 Å². The van der Waals surface area contributed by atoms with Gasteiger partial charge in [-0.3, -0.25) is 0 Å². The molecule has 2 N–H and O–H groups in total. The van der Waals surface area contributed by atoms with Gasteiger partial charge in [0, 0.05) is 17.1 Å². The fourth-order valence-corrected chi connectivity index (χ4v) is 2.91. The molecule has 4 rings (SSSR count). The second-order valence-corrected chi connectivity index (χ2v) is 5.65. The summed E-state index contributed by atoms with van der Waals surface area (Å²) in [6, 6.07) is 9.36. The highest BCUT2D eigenvalue weighted by atomic mass is 16.5. The van der Waals surface area contributed by atoms with Crippen LogP contribution >= 0.6 is 0 Å². The minimum absolute atomic E-state index is 0.421. The van der Waals surface area contributed by atoms with Crippen molar-refractivity contribution < 1.29 is 19.2 Å². The maximum Gasteiger partial charge on any atom is 0.491 e. The lowest BCUT2D eigenvalue weighted by atomic mass is 9.79. The number of rotatable bonds is 4. The lowest BCUT2D eigenvalue weighted by Crippen LogP contribution is -2.28. The van der Waals surface area contributed by atoms with Gasteiger partial charge >= 0.3 is 7.12 Å². The zero-order valence-corrected chi connectivity index (χ0v) is 13.8. The molecule has 0 radical (unpaired) electrons. The van der Waals surface area contributed by atoms with E-state index < -0.39 is 7.12 Å². The van der Waals surface area contributed by atoms with Crippen LogP contribution in [-0.2, 0) is 11.3 Å². The van der Waals surface area contributed by atoms with E-state index in [4.69, 9.17) is 14.1 Å². The number of benzene rings is 2. The number of nitrogens with one attached hydrogen (secondary N) is 1. The van der Waals surface area contributed by atoms with E-state index in [1.165, 1.54) is 6.33 Å². The molecule has 0 saturated heterocycles. The van der Waals surface area contributed by atoms with E-state index in [2.05, 4.69) is 15.3 Å². The van der Waals surface area contributed by atoms with Crippen molar-refractivity contribution in [1.29, 1.82) is 0 Å². The SMILES string of the molecule is COc1cc2ncnc(Nc3ccc4c(c3)B(O)OC4)c2cc1OC. The van der Waals surface area contributed by atoms with Crippen molar-refractivity contribution >= 4 is 35.0 Å². The third-order valence-electron chi connectivity index (χ3n) is 4.21. The number of fused-ring (bicyclic) bond motifs is 2. The predicted molar refractivity (Wildman–Crippen MR) is 94.8 cm³/mol. The molecule has 1 aliphatic rings. The minimum atomic E-state index is -0.886. The van der Waals surface area contributed by atoms with Crippen LogP contribution in [0.4, 0.5) is 11.5 Å². The van der Waals surface area contributed by atoms with Gasteiger partial charge in [-0.05, 0) is 29.2 Å². The standard InChI is InChI=1S/C17H16BN3O4/c1-23-15-6-12-14(7-16(15)24-2)19-9-20-17(12)21-11-4-3-10-8-25-18(22)13(10)5-11/h3-7,9,22H,8H2,1-2H3,(H,19,20,21). The first kappa shape index (κ1) is 15.7. The molecule has 0 saturated carbocycles. The summed E-state index contributed by atoms with van der Waals surface area (Å²) in [5.41, 5.74) is 3.29. The van der Waals surface area contributed by atoms with Crippen molar-refractivity contribution in [2.75, 3.05) is 19.5 Å². The summed E-state index contributed by atoms with van der Waals surface area (Å²) in [4.78, 5) is 8.62. The number of methoxy groups -OCH3 is 2. The molecule has 0 spiro atoms. The summed E-state index contributed by atoms with van der Waals surface area (Å²) in [6.07, 6.45) is 1.49. The third kappa shape index (κ3) is 2.75. The molecule has 0 atom stereocenters. The van der Waals surface area contributed by atoms with Crippen molar-refractivity contribution in [1.82, 2.24) is 9.97 Å². The second-order valence-electron chi connectivity index (χ2n) is 5.65. The summed E-state index contributed by atoms with van der Waals surface area (Å²) in [5, 5.41) is 13.9. The number of hydrogen-bond acceptors (Lipinski definition) is 7. The van der Waals surface area contributed by atoms with Crippen LogP contribution in [0.1, 0.15) is 5.56 Å². The first-order valence-electron chi connectivity index (χ1n) is 7.76. The zero-order valence-electron chi connectivity index (χ0n) is 13.8. The van der Waals surface area contributed by atoms with E-state index >= 15 is 0 Å². The smallest absolute Gasteiger partial charge is 0.491 e. The Balaban J connectivity index is 1.76.